The maximum absolute atomic E-state index is 13.5. The van der Waals surface area contributed by atoms with Crippen molar-refractivity contribution in [1.82, 2.24) is 14.9 Å². The zero-order chi connectivity index (χ0) is 27.9. The molecule has 4 aromatic rings. The smallest absolute Gasteiger partial charge is 0.262 e. The molecular weight excluding hydrogens is 528 g/mol. The first-order valence-corrected chi connectivity index (χ1v) is 14.4. The third-order valence-electron chi connectivity index (χ3n) is 7.22. The number of furan rings is 1. The number of anilines is 1. The SMILES string of the molecule is COc1ccccc1NC(=O)CSc1nc2ccccc2c(=O)n1CC1CCC(C(=O)NCc2ccco2)CC1. The number of hydrogen-bond acceptors (Lipinski definition) is 7. The van der Waals surface area contributed by atoms with Gasteiger partial charge in [-0.1, -0.05) is 36.0 Å². The second-order valence-corrected chi connectivity index (χ2v) is 10.8. The maximum atomic E-state index is 13.5. The quantitative estimate of drug-likeness (QED) is 0.210. The highest BCUT2D eigenvalue weighted by Crippen LogP contribution is 2.31. The third kappa shape index (κ3) is 6.56. The number of carbonyl (C=O) groups excluding carboxylic acids is 2. The number of amides is 2. The van der Waals surface area contributed by atoms with Gasteiger partial charge in [0.05, 0.1) is 42.3 Å². The molecule has 0 bridgehead atoms. The Labute approximate surface area is 236 Å². The van der Waals surface area contributed by atoms with E-state index < -0.39 is 0 Å². The lowest BCUT2D eigenvalue weighted by molar-refractivity contribution is -0.126. The molecule has 0 spiro atoms. The summed E-state index contributed by atoms with van der Waals surface area (Å²) in [5.74, 6) is 1.40. The highest BCUT2D eigenvalue weighted by Gasteiger charge is 2.27. The molecule has 1 saturated carbocycles. The molecule has 1 fully saturated rings. The molecule has 0 aliphatic heterocycles. The van der Waals surface area contributed by atoms with Crippen molar-refractivity contribution in [3.05, 3.63) is 83.0 Å². The molecule has 40 heavy (non-hydrogen) atoms. The highest BCUT2D eigenvalue weighted by atomic mass is 32.2. The van der Waals surface area contributed by atoms with E-state index in [2.05, 4.69) is 10.6 Å². The van der Waals surface area contributed by atoms with Crippen LogP contribution in [0.5, 0.6) is 5.75 Å². The fraction of sp³-hybridized carbons (Fsp3) is 0.333. The van der Waals surface area contributed by atoms with Crippen LogP contribution in [0.2, 0.25) is 0 Å². The van der Waals surface area contributed by atoms with Gasteiger partial charge in [-0.25, -0.2) is 4.98 Å². The number of benzene rings is 2. The standard InChI is InChI=1S/C30H32N4O5S/c1-38-26-11-5-4-10-25(26)32-27(35)19-40-30-33-24-9-3-2-8-23(24)29(37)34(30)18-20-12-14-21(15-13-20)28(36)31-17-22-7-6-16-39-22/h2-11,16,20-21H,12-15,17-19H2,1H3,(H,31,36)(H,32,35). The summed E-state index contributed by atoms with van der Waals surface area (Å²) in [5.41, 5.74) is 1.08. The fourth-order valence-corrected chi connectivity index (χ4v) is 5.89. The Balaban J connectivity index is 1.25. The van der Waals surface area contributed by atoms with Crippen LogP contribution < -0.4 is 20.9 Å². The minimum Gasteiger partial charge on any atom is -0.495 e. The van der Waals surface area contributed by atoms with Crippen molar-refractivity contribution in [2.24, 2.45) is 11.8 Å². The molecule has 2 N–H and O–H groups in total. The Morgan fingerprint density at radius 2 is 1.82 bits per heavy atom. The normalized spacial score (nSPS) is 16.9. The predicted molar refractivity (Wildman–Crippen MR) is 154 cm³/mol. The van der Waals surface area contributed by atoms with Crippen molar-refractivity contribution in [2.45, 2.75) is 43.9 Å². The number of aromatic nitrogens is 2. The van der Waals surface area contributed by atoms with E-state index in [0.717, 1.165) is 31.4 Å². The highest BCUT2D eigenvalue weighted by molar-refractivity contribution is 7.99. The molecule has 0 radical (unpaired) electrons. The second kappa shape index (κ2) is 12.9. The van der Waals surface area contributed by atoms with E-state index in [-0.39, 0.29) is 35.0 Å². The topological polar surface area (TPSA) is 115 Å². The van der Waals surface area contributed by atoms with Crippen LogP contribution in [0, 0.1) is 11.8 Å². The predicted octanol–water partition coefficient (Wildman–Crippen LogP) is 4.85. The molecule has 5 rings (SSSR count). The number of fused-ring (bicyclic) bond motifs is 1. The number of nitrogens with one attached hydrogen (secondary N) is 2. The van der Waals surface area contributed by atoms with Gasteiger partial charge in [0.25, 0.3) is 5.56 Å². The summed E-state index contributed by atoms with van der Waals surface area (Å²) >= 11 is 1.24. The molecule has 1 aliphatic rings. The van der Waals surface area contributed by atoms with Crippen molar-refractivity contribution in [1.29, 1.82) is 0 Å². The van der Waals surface area contributed by atoms with Gasteiger partial charge in [-0.3, -0.25) is 19.0 Å². The van der Waals surface area contributed by atoms with Crippen molar-refractivity contribution >= 4 is 40.2 Å². The van der Waals surface area contributed by atoms with E-state index in [1.54, 1.807) is 42.2 Å². The third-order valence-corrected chi connectivity index (χ3v) is 8.19. The lowest BCUT2D eigenvalue weighted by Crippen LogP contribution is -2.34. The van der Waals surface area contributed by atoms with E-state index >= 15 is 0 Å². The van der Waals surface area contributed by atoms with Crippen LogP contribution in [0.25, 0.3) is 10.9 Å². The average molecular weight is 561 g/mol. The molecule has 208 valence electrons. The van der Waals surface area contributed by atoms with E-state index in [1.807, 2.05) is 36.4 Å². The van der Waals surface area contributed by atoms with Crippen molar-refractivity contribution in [2.75, 3.05) is 18.2 Å². The molecule has 2 heterocycles. The lowest BCUT2D eigenvalue weighted by atomic mass is 9.81. The summed E-state index contributed by atoms with van der Waals surface area (Å²) in [6, 6.07) is 18.1. The molecular formula is C30H32N4O5S. The van der Waals surface area contributed by atoms with E-state index in [0.29, 0.717) is 40.6 Å². The average Bonchev–Trinajstić information content (AvgIpc) is 3.51. The van der Waals surface area contributed by atoms with Gasteiger partial charge >= 0.3 is 0 Å². The number of thioether (sulfide) groups is 1. The largest absolute Gasteiger partial charge is 0.495 e. The van der Waals surface area contributed by atoms with E-state index in [1.165, 1.54) is 11.8 Å². The van der Waals surface area contributed by atoms with Crippen LogP contribution >= 0.6 is 11.8 Å². The minimum atomic E-state index is -0.218. The Hall–Kier alpha value is -4.05. The number of para-hydroxylation sites is 3. The maximum Gasteiger partial charge on any atom is 0.262 e. The summed E-state index contributed by atoms with van der Waals surface area (Å²) in [4.78, 5) is 43.7. The summed E-state index contributed by atoms with van der Waals surface area (Å²) in [6.45, 7) is 0.878. The van der Waals surface area contributed by atoms with Crippen LogP contribution in [0.1, 0.15) is 31.4 Å². The minimum absolute atomic E-state index is 0.0386. The zero-order valence-electron chi connectivity index (χ0n) is 22.3. The number of nitrogens with zero attached hydrogens (tertiary/aromatic N) is 2. The van der Waals surface area contributed by atoms with E-state index in [9.17, 15) is 14.4 Å². The summed E-state index contributed by atoms with van der Waals surface area (Å²) < 4.78 is 12.3. The van der Waals surface area contributed by atoms with Gasteiger partial charge in [-0.15, -0.1) is 0 Å². The fourth-order valence-electron chi connectivity index (χ4n) is 5.08. The van der Waals surface area contributed by atoms with Crippen molar-refractivity contribution < 1.29 is 18.7 Å². The summed E-state index contributed by atoms with van der Waals surface area (Å²) in [6.07, 6.45) is 4.77. The monoisotopic (exact) mass is 560 g/mol. The van der Waals surface area contributed by atoms with Crippen LogP contribution in [-0.4, -0.2) is 34.2 Å². The molecule has 0 atom stereocenters. The van der Waals surface area contributed by atoms with E-state index in [4.69, 9.17) is 14.1 Å². The molecule has 2 aromatic heterocycles. The van der Waals surface area contributed by atoms with Gasteiger partial charge in [-0.2, -0.15) is 0 Å². The number of methoxy groups -OCH3 is 1. The molecule has 0 unspecified atom stereocenters. The molecule has 2 amide bonds. The number of rotatable bonds is 10. The lowest BCUT2D eigenvalue weighted by Gasteiger charge is -2.28. The van der Waals surface area contributed by atoms with Crippen molar-refractivity contribution in [3.63, 3.8) is 0 Å². The first-order valence-electron chi connectivity index (χ1n) is 13.4. The summed E-state index contributed by atoms with van der Waals surface area (Å²) in [5, 5.41) is 6.90. The Kier molecular flexibility index (Phi) is 8.85. The summed E-state index contributed by atoms with van der Waals surface area (Å²) in [7, 11) is 1.55. The van der Waals surface area contributed by atoms with Gasteiger partial charge in [0, 0.05) is 12.5 Å². The van der Waals surface area contributed by atoms with Crippen LogP contribution in [0.15, 0.2) is 81.3 Å². The van der Waals surface area contributed by atoms with Gasteiger partial charge in [0.15, 0.2) is 5.16 Å². The molecule has 9 nitrogen and oxygen atoms in total. The van der Waals surface area contributed by atoms with Crippen molar-refractivity contribution in [3.8, 4) is 5.75 Å². The molecule has 2 aromatic carbocycles. The van der Waals surface area contributed by atoms with Crippen LogP contribution in [-0.2, 0) is 22.7 Å². The van der Waals surface area contributed by atoms with Gasteiger partial charge in [-0.05, 0) is 68.0 Å². The first-order chi connectivity index (χ1) is 19.5. The number of ether oxygens (including phenoxy) is 1. The second-order valence-electron chi connectivity index (χ2n) is 9.88. The van der Waals surface area contributed by atoms with Crippen LogP contribution in [0.4, 0.5) is 5.69 Å². The molecule has 1 aliphatic carbocycles. The first kappa shape index (κ1) is 27.5. The molecule has 10 heteroatoms. The van der Waals surface area contributed by atoms with Gasteiger partial charge in [0.2, 0.25) is 11.8 Å². The zero-order valence-corrected chi connectivity index (χ0v) is 23.1. The number of carbonyl (C=O) groups is 2. The Bertz CT molecular complexity index is 1530. The Morgan fingerprint density at radius 3 is 2.60 bits per heavy atom. The molecule has 0 saturated heterocycles. The Morgan fingerprint density at radius 1 is 1.05 bits per heavy atom. The number of hydrogen-bond donors (Lipinski definition) is 2. The van der Waals surface area contributed by atoms with Gasteiger partial charge < -0.3 is 19.8 Å². The van der Waals surface area contributed by atoms with Gasteiger partial charge in [0.1, 0.15) is 11.5 Å². The van der Waals surface area contributed by atoms with Crippen LogP contribution in [0.3, 0.4) is 0 Å².